The summed E-state index contributed by atoms with van der Waals surface area (Å²) in [5.74, 6) is 0.500. The lowest BCUT2D eigenvalue weighted by Gasteiger charge is -2.25. The third-order valence-corrected chi connectivity index (χ3v) is 5.63. The van der Waals surface area contributed by atoms with Crippen LogP contribution in [-0.2, 0) is 21.2 Å². The first-order valence-corrected chi connectivity index (χ1v) is 11.0. The van der Waals surface area contributed by atoms with Gasteiger partial charge in [0.15, 0.2) is 0 Å². The molecule has 0 spiro atoms. The summed E-state index contributed by atoms with van der Waals surface area (Å²) in [4.78, 5) is 12.4. The fraction of sp³-hybridized carbons (Fsp3) is 0.381. The number of sulfonamides is 1. The number of amides is 1. The fourth-order valence-electron chi connectivity index (χ4n) is 3.16. The van der Waals surface area contributed by atoms with E-state index in [1.165, 1.54) is 4.31 Å². The van der Waals surface area contributed by atoms with E-state index in [9.17, 15) is 13.2 Å². The average molecular weight is 405 g/mol. The standard InChI is InChI=1S/C21H28N2O4S/c1-16-9-7-10-17(2)21(16)23(28(4,25)26)15-20(24)22-14-8-12-18-11-5-6-13-19(18)27-3/h5-7,9-11,13H,8,12,14-15H2,1-4H3,(H,22,24). The highest BCUT2D eigenvalue weighted by Crippen LogP contribution is 2.26. The van der Waals surface area contributed by atoms with Gasteiger partial charge in [0, 0.05) is 6.54 Å². The van der Waals surface area contributed by atoms with Crippen molar-refractivity contribution in [2.24, 2.45) is 0 Å². The molecule has 0 unspecified atom stereocenters. The molecule has 0 radical (unpaired) electrons. The van der Waals surface area contributed by atoms with Crippen LogP contribution in [0.4, 0.5) is 5.69 Å². The number of hydrogen-bond acceptors (Lipinski definition) is 4. The lowest BCUT2D eigenvalue weighted by Crippen LogP contribution is -2.41. The molecular formula is C21H28N2O4S. The molecule has 0 aliphatic carbocycles. The van der Waals surface area contributed by atoms with Gasteiger partial charge in [-0.1, -0.05) is 36.4 Å². The quantitative estimate of drug-likeness (QED) is 0.652. The van der Waals surface area contributed by atoms with E-state index < -0.39 is 10.0 Å². The number of anilines is 1. The predicted octanol–water partition coefficient (Wildman–Crippen LogP) is 2.83. The third kappa shape index (κ3) is 5.73. The molecule has 0 atom stereocenters. The van der Waals surface area contributed by atoms with Gasteiger partial charge in [-0.05, 0) is 49.4 Å². The maximum atomic E-state index is 12.4. The van der Waals surface area contributed by atoms with Crippen molar-refractivity contribution in [1.29, 1.82) is 0 Å². The zero-order chi connectivity index (χ0) is 20.7. The number of rotatable bonds is 9. The molecule has 0 aromatic heterocycles. The number of hydrogen-bond donors (Lipinski definition) is 1. The van der Waals surface area contributed by atoms with Crippen LogP contribution in [0.2, 0.25) is 0 Å². The Hall–Kier alpha value is -2.54. The van der Waals surface area contributed by atoms with E-state index in [4.69, 9.17) is 4.74 Å². The van der Waals surface area contributed by atoms with Crippen molar-refractivity contribution >= 4 is 21.6 Å². The summed E-state index contributed by atoms with van der Waals surface area (Å²) in [6.07, 6.45) is 2.61. The monoisotopic (exact) mass is 404 g/mol. The zero-order valence-corrected chi connectivity index (χ0v) is 17.7. The Kier molecular flexibility index (Phi) is 7.45. The summed E-state index contributed by atoms with van der Waals surface area (Å²) in [5.41, 5.74) is 3.27. The molecule has 1 amide bonds. The smallest absolute Gasteiger partial charge is 0.240 e. The van der Waals surface area contributed by atoms with Gasteiger partial charge in [-0.2, -0.15) is 0 Å². The second-order valence-corrected chi connectivity index (χ2v) is 8.68. The largest absolute Gasteiger partial charge is 0.496 e. The number of nitrogens with one attached hydrogen (secondary N) is 1. The van der Waals surface area contributed by atoms with E-state index in [1.807, 2.05) is 56.3 Å². The normalized spacial score (nSPS) is 11.1. The van der Waals surface area contributed by atoms with Gasteiger partial charge < -0.3 is 10.1 Å². The van der Waals surface area contributed by atoms with Crippen LogP contribution in [0, 0.1) is 13.8 Å². The Morgan fingerprint density at radius 1 is 1.07 bits per heavy atom. The van der Waals surface area contributed by atoms with Gasteiger partial charge in [-0.3, -0.25) is 9.10 Å². The first-order chi connectivity index (χ1) is 13.2. The van der Waals surface area contributed by atoms with Crippen molar-refractivity contribution in [2.45, 2.75) is 26.7 Å². The van der Waals surface area contributed by atoms with Crippen molar-refractivity contribution < 1.29 is 17.9 Å². The van der Waals surface area contributed by atoms with Gasteiger partial charge in [-0.25, -0.2) is 8.42 Å². The van der Waals surface area contributed by atoms with Crippen molar-refractivity contribution in [2.75, 3.05) is 30.8 Å². The number of carbonyl (C=O) groups is 1. The fourth-order valence-corrected chi connectivity index (χ4v) is 4.14. The molecule has 0 aliphatic heterocycles. The summed E-state index contributed by atoms with van der Waals surface area (Å²) in [5, 5.41) is 2.82. The SMILES string of the molecule is COc1ccccc1CCCNC(=O)CN(c1c(C)cccc1C)S(C)(=O)=O. The molecular weight excluding hydrogens is 376 g/mol. The van der Waals surface area contributed by atoms with E-state index in [0.29, 0.717) is 12.2 Å². The Balaban J connectivity index is 1.98. The van der Waals surface area contributed by atoms with Crippen molar-refractivity contribution in [1.82, 2.24) is 5.32 Å². The average Bonchev–Trinajstić information content (AvgIpc) is 2.63. The molecule has 0 aliphatic rings. The number of nitrogens with zero attached hydrogens (tertiary/aromatic N) is 1. The second kappa shape index (κ2) is 9.59. The number of para-hydroxylation sites is 2. The summed E-state index contributed by atoms with van der Waals surface area (Å²) < 4.78 is 31.1. The molecule has 0 bridgehead atoms. The summed E-state index contributed by atoms with van der Waals surface area (Å²) in [6, 6.07) is 13.3. The molecule has 0 fully saturated rings. The number of aryl methyl sites for hydroxylation is 3. The van der Waals surface area contributed by atoms with Crippen LogP contribution in [0.3, 0.4) is 0 Å². The van der Waals surface area contributed by atoms with Crippen LogP contribution in [0.5, 0.6) is 5.75 Å². The lowest BCUT2D eigenvalue weighted by molar-refractivity contribution is -0.119. The minimum atomic E-state index is -3.58. The van der Waals surface area contributed by atoms with Gasteiger partial charge in [0.05, 0.1) is 19.1 Å². The maximum Gasteiger partial charge on any atom is 0.240 e. The minimum Gasteiger partial charge on any atom is -0.496 e. The minimum absolute atomic E-state index is 0.237. The van der Waals surface area contributed by atoms with E-state index in [-0.39, 0.29) is 12.5 Å². The van der Waals surface area contributed by atoms with E-state index >= 15 is 0 Å². The third-order valence-electron chi connectivity index (χ3n) is 4.51. The molecule has 7 heteroatoms. The molecule has 0 heterocycles. The predicted molar refractivity (Wildman–Crippen MR) is 112 cm³/mol. The molecule has 0 saturated heterocycles. The van der Waals surface area contributed by atoms with Gasteiger partial charge in [-0.15, -0.1) is 0 Å². The highest BCUT2D eigenvalue weighted by molar-refractivity contribution is 7.92. The molecule has 2 rings (SSSR count). The Morgan fingerprint density at radius 2 is 1.71 bits per heavy atom. The topological polar surface area (TPSA) is 75.7 Å². The van der Waals surface area contributed by atoms with E-state index in [2.05, 4.69) is 5.32 Å². The first kappa shape index (κ1) is 21.8. The molecule has 152 valence electrons. The van der Waals surface area contributed by atoms with Crippen molar-refractivity contribution in [3.8, 4) is 5.75 Å². The van der Waals surface area contributed by atoms with Crippen LogP contribution in [0.15, 0.2) is 42.5 Å². The Labute approximate surface area is 167 Å². The number of ether oxygens (including phenoxy) is 1. The van der Waals surface area contributed by atoms with Crippen LogP contribution >= 0.6 is 0 Å². The summed E-state index contributed by atoms with van der Waals surface area (Å²) >= 11 is 0. The number of benzene rings is 2. The number of methoxy groups -OCH3 is 1. The highest BCUT2D eigenvalue weighted by atomic mass is 32.2. The molecule has 6 nitrogen and oxygen atoms in total. The first-order valence-electron chi connectivity index (χ1n) is 9.16. The van der Waals surface area contributed by atoms with Gasteiger partial charge in [0.25, 0.3) is 0 Å². The molecule has 1 N–H and O–H groups in total. The molecule has 2 aromatic rings. The van der Waals surface area contributed by atoms with Gasteiger partial charge in [0.1, 0.15) is 12.3 Å². The van der Waals surface area contributed by atoms with Crippen LogP contribution in [0.25, 0.3) is 0 Å². The highest BCUT2D eigenvalue weighted by Gasteiger charge is 2.23. The zero-order valence-electron chi connectivity index (χ0n) is 16.9. The Morgan fingerprint density at radius 3 is 2.32 bits per heavy atom. The summed E-state index contributed by atoms with van der Waals surface area (Å²) in [7, 11) is -1.95. The maximum absolute atomic E-state index is 12.4. The molecule has 28 heavy (non-hydrogen) atoms. The van der Waals surface area contributed by atoms with Crippen molar-refractivity contribution in [3.05, 3.63) is 59.2 Å². The van der Waals surface area contributed by atoms with Crippen LogP contribution < -0.4 is 14.4 Å². The number of carbonyl (C=O) groups excluding carboxylic acids is 1. The van der Waals surface area contributed by atoms with Gasteiger partial charge in [0.2, 0.25) is 15.9 Å². The lowest BCUT2D eigenvalue weighted by atomic mass is 10.1. The van der Waals surface area contributed by atoms with E-state index in [1.54, 1.807) is 7.11 Å². The van der Waals surface area contributed by atoms with E-state index in [0.717, 1.165) is 41.5 Å². The Bertz CT molecular complexity index is 906. The summed E-state index contributed by atoms with van der Waals surface area (Å²) in [6.45, 7) is 3.90. The van der Waals surface area contributed by atoms with Gasteiger partial charge >= 0.3 is 0 Å². The van der Waals surface area contributed by atoms with Crippen LogP contribution in [-0.4, -0.2) is 40.8 Å². The second-order valence-electron chi connectivity index (χ2n) is 6.78. The van der Waals surface area contributed by atoms with Crippen LogP contribution in [0.1, 0.15) is 23.1 Å². The molecule has 0 saturated carbocycles. The van der Waals surface area contributed by atoms with Crippen molar-refractivity contribution in [3.63, 3.8) is 0 Å². The molecule has 2 aromatic carbocycles.